The second-order valence-electron chi connectivity index (χ2n) is 9.16. The molecule has 0 spiro atoms. The van der Waals surface area contributed by atoms with Crippen molar-refractivity contribution in [3.05, 3.63) is 95.6 Å². The van der Waals surface area contributed by atoms with E-state index in [9.17, 15) is 18.0 Å². The molecule has 10 heteroatoms. The molecule has 0 bridgehead atoms. The number of hydrogen-bond acceptors (Lipinski definition) is 6. The third kappa shape index (κ3) is 8.83. The highest BCUT2D eigenvalue weighted by Gasteiger charge is 2.32. The molecule has 0 aliphatic rings. The number of nitrogens with one attached hydrogen (secondary N) is 1. The molecule has 0 fully saturated rings. The van der Waals surface area contributed by atoms with Crippen molar-refractivity contribution < 1.29 is 27.5 Å². The van der Waals surface area contributed by atoms with E-state index in [0.717, 1.165) is 27.3 Å². The van der Waals surface area contributed by atoms with Crippen LogP contribution < -0.4 is 14.8 Å². The number of carbonyl (C=O) groups excluding carboxylic acids is 2. The van der Waals surface area contributed by atoms with Gasteiger partial charge >= 0.3 is 0 Å². The fraction of sp³-hybridized carbons (Fsp3) is 0.310. The lowest BCUT2D eigenvalue weighted by Gasteiger charge is -2.32. The van der Waals surface area contributed by atoms with Gasteiger partial charge in [0, 0.05) is 26.6 Å². The number of likely N-dealkylation sites (N-methyl/N-ethyl adjacent to an activating group) is 1. The molecule has 3 aromatic rings. The number of nitrogens with zero attached hydrogens (tertiary/aromatic N) is 2. The quantitative estimate of drug-likeness (QED) is 0.349. The highest BCUT2D eigenvalue weighted by molar-refractivity contribution is 7.88. The highest BCUT2D eigenvalue weighted by atomic mass is 32.2. The third-order valence-electron chi connectivity index (χ3n) is 6.33. The smallest absolute Gasteiger partial charge is 0.243 e. The molecule has 3 rings (SSSR count). The zero-order valence-electron chi connectivity index (χ0n) is 22.7. The maximum absolute atomic E-state index is 13.7. The van der Waals surface area contributed by atoms with Crippen LogP contribution >= 0.6 is 0 Å². The van der Waals surface area contributed by atoms with Gasteiger partial charge in [0.15, 0.2) is 0 Å². The molecule has 0 aliphatic carbocycles. The van der Waals surface area contributed by atoms with E-state index in [-0.39, 0.29) is 25.4 Å². The van der Waals surface area contributed by atoms with Crippen molar-refractivity contribution in [1.82, 2.24) is 14.5 Å². The maximum Gasteiger partial charge on any atom is 0.243 e. The first kappa shape index (κ1) is 29.7. The Morgan fingerprint density at radius 3 is 1.87 bits per heavy atom. The molecule has 0 saturated carbocycles. The van der Waals surface area contributed by atoms with Crippen molar-refractivity contribution in [2.24, 2.45) is 0 Å². The van der Waals surface area contributed by atoms with Gasteiger partial charge in [0.2, 0.25) is 21.8 Å². The standard InChI is InChI=1S/C29H35N3O6S/c1-31(39(4,35)36)21-28(33)32(20-24-12-16-26(38-3)17-13-24)27(18-22-8-6-5-7-9-22)29(34)30-19-23-10-14-25(37-2)15-11-23/h5-17,27H,18-21H2,1-4H3,(H,30,34)/t27-/m1/s1. The molecule has 39 heavy (non-hydrogen) atoms. The summed E-state index contributed by atoms with van der Waals surface area (Å²) in [5, 5.41) is 2.95. The Bertz CT molecular complexity index is 1330. The van der Waals surface area contributed by atoms with Gasteiger partial charge in [-0.25, -0.2) is 8.42 Å². The number of ether oxygens (including phenoxy) is 2. The molecule has 0 unspecified atom stereocenters. The van der Waals surface area contributed by atoms with Gasteiger partial charge in [0.05, 0.1) is 27.0 Å². The first-order valence-corrected chi connectivity index (χ1v) is 14.2. The second kappa shape index (κ2) is 13.8. The van der Waals surface area contributed by atoms with Gasteiger partial charge in [0.25, 0.3) is 0 Å². The molecule has 3 aromatic carbocycles. The Labute approximate surface area is 230 Å². The van der Waals surface area contributed by atoms with Gasteiger partial charge in [-0.2, -0.15) is 4.31 Å². The number of sulfonamides is 1. The maximum atomic E-state index is 13.7. The number of rotatable bonds is 13. The fourth-order valence-electron chi connectivity index (χ4n) is 3.93. The summed E-state index contributed by atoms with van der Waals surface area (Å²) in [6.07, 6.45) is 1.29. The number of hydrogen-bond donors (Lipinski definition) is 1. The van der Waals surface area contributed by atoms with Crippen molar-refractivity contribution in [2.45, 2.75) is 25.6 Å². The van der Waals surface area contributed by atoms with Crippen LogP contribution in [0.5, 0.6) is 11.5 Å². The largest absolute Gasteiger partial charge is 0.497 e. The number of amides is 2. The van der Waals surface area contributed by atoms with Crippen LogP contribution in [0.4, 0.5) is 0 Å². The summed E-state index contributed by atoms with van der Waals surface area (Å²) in [7, 11) is 0.879. The summed E-state index contributed by atoms with van der Waals surface area (Å²) >= 11 is 0. The van der Waals surface area contributed by atoms with Crippen molar-refractivity contribution >= 4 is 21.8 Å². The minimum atomic E-state index is -3.61. The van der Waals surface area contributed by atoms with Crippen molar-refractivity contribution in [3.63, 3.8) is 0 Å². The van der Waals surface area contributed by atoms with Crippen LogP contribution in [0.25, 0.3) is 0 Å². The fourth-order valence-corrected chi connectivity index (χ4v) is 4.28. The lowest BCUT2D eigenvalue weighted by Crippen LogP contribution is -2.52. The average molecular weight is 554 g/mol. The Balaban J connectivity index is 1.93. The Morgan fingerprint density at radius 1 is 0.821 bits per heavy atom. The summed E-state index contributed by atoms with van der Waals surface area (Å²) < 4.78 is 35.6. The SMILES string of the molecule is COc1ccc(CNC(=O)[C@@H](Cc2ccccc2)N(Cc2ccc(OC)cc2)C(=O)CN(C)S(C)(=O)=O)cc1. The minimum Gasteiger partial charge on any atom is -0.497 e. The molecule has 0 saturated heterocycles. The first-order chi connectivity index (χ1) is 18.6. The Kier molecular flexibility index (Phi) is 10.5. The molecule has 0 aromatic heterocycles. The zero-order valence-corrected chi connectivity index (χ0v) is 23.5. The van der Waals surface area contributed by atoms with E-state index in [2.05, 4.69) is 5.32 Å². The summed E-state index contributed by atoms with van der Waals surface area (Å²) in [5.41, 5.74) is 2.51. The summed E-state index contributed by atoms with van der Waals surface area (Å²) in [6, 6.07) is 23.0. The summed E-state index contributed by atoms with van der Waals surface area (Å²) in [5.74, 6) is 0.530. The molecular formula is C29H35N3O6S. The molecule has 1 N–H and O–H groups in total. The third-order valence-corrected chi connectivity index (χ3v) is 7.59. The van der Waals surface area contributed by atoms with E-state index in [1.54, 1.807) is 26.4 Å². The summed E-state index contributed by atoms with van der Waals surface area (Å²) in [6.45, 7) is -0.0398. The molecule has 9 nitrogen and oxygen atoms in total. The zero-order chi connectivity index (χ0) is 28.4. The van der Waals surface area contributed by atoms with Crippen molar-refractivity contribution in [1.29, 1.82) is 0 Å². The van der Waals surface area contributed by atoms with Crippen LogP contribution in [-0.2, 0) is 39.1 Å². The lowest BCUT2D eigenvalue weighted by molar-refractivity contribution is -0.141. The number of carbonyl (C=O) groups is 2. The van der Waals surface area contributed by atoms with Gasteiger partial charge < -0.3 is 19.7 Å². The number of benzene rings is 3. The van der Waals surface area contributed by atoms with Crippen LogP contribution in [0.1, 0.15) is 16.7 Å². The van der Waals surface area contributed by atoms with Crippen LogP contribution in [0.2, 0.25) is 0 Å². The molecular weight excluding hydrogens is 518 g/mol. The van der Waals surface area contributed by atoms with Gasteiger partial charge in [-0.05, 0) is 41.0 Å². The molecule has 0 aliphatic heterocycles. The Hall–Kier alpha value is -3.89. The van der Waals surface area contributed by atoms with Crippen LogP contribution in [0.15, 0.2) is 78.9 Å². The van der Waals surface area contributed by atoms with E-state index in [1.807, 2.05) is 66.7 Å². The Morgan fingerprint density at radius 2 is 1.36 bits per heavy atom. The molecule has 2 amide bonds. The van der Waals surface area contributed by atoms with E-state index >= 15 is 0 Å². The van der Waals surface area contributed by atoms with Crippen LogP contribution in [-0.4, -0.2) is 69.5 Å². The van der Waals surface area contributed by atoms with Gasteiger partial charge in [0.1, 0.15) is 17.5 Å². The van der Waals surface area contributed by atoms with Crippen LogP contribution in [0, 0.1) is 0 Å². The predicted molar refractivity (Wildman–Crippen MR) is 150 cm³/mol. The highest BCUT2D eigenvalue weighted by Crippen LogP contribution is 2.18. The van der Waals surface area contributed by atoms with E-state index in [0.29, 0.717) is 11.5 Å². The molecule has 0 heterocycles. The second-order valence-corrected chi connectivity index (χ2v) is 11.2. The van der Waals surface area contributed by atoms with Crippen molar-refractivity contribution in [2.75, 3.05) is 34.1 Å². The van der Waals surface area contributed by atoms with E-state index in [4.69, 9.17) is 9.47 Å². The predicted octanol–water partition coefficient (Wildman–Crippen LogP) is 2.85. The molecule has 208 valence electrons. The van der Waals surface area contributed by atoms with E-state index < -0.39 is 28.5 Å². The monoisotopic (exact) mass is 553 g/mol. The van der Waals surface area contributed by atoms with Gasteiger partial charge in [-0.15, -0.1) is 0 Å². The van der Waals surface area contributed by atoms with Gasteiger partial charge in [-0.1, -0.05) is 54.6 Å². The number of methoxy groups -OCH3 is 2. The first-order valence-electron chi connectivity index (χ1n) is 12.4. The molecule has 0 radical (unpaired) electrons. The minimum absolute atomic E-state index is 0.105. The van der Waals surface area contributed by atoms with E-state index in [1.165, 1.54) is 11.9 Å². The topological polar surface area (TPSA) is 105 Å². The van der Waals surface area contributed by atoms with Gasteiger partial charge in [-0.3, -0.25) is 9.59 Å². The average Bonchev–Trinajstić information content (AvgIpc) is 2.94. The van der Waals surface area contributed by atoms with Crippen LogP contribution in [0.3, 0.4) is 0 Å². The summed E-state index contributed by atoms with van der Waals surface area (Å²) in [4.78, 5) is 28.7. The normalized spacial score (nSPS) is 12.0. The lowest BCUT2D eigenvalue weighted by atomic mass is 10.0. The van der Waals surface area contributed by atoms with Crippen molar-refractivity contribution in [3.8, 4) is 11.5 Å². The molecule has 1 atom stereocenters.